The van der Waals surface area contributed by atoms with Crippen LogP contribution in [0, 0.1) is 0 Å². The highest BCUT2D eigenvalue weighted by molar-refractivity contribution is 7.10. The summed E-state index contributed by atoms with van der Waals surface area (Å²) in [4.78, 5) is 9.58. The van der Waals surface area contributed by atoms with Crippen LogP contribution in [-0.2, 0) is 0 Å². The summed E-state index contributed by atoms with van der Waals surface area (Å²) in [6, 6.07) is 6.58. The van der Waals surface area contributed by atoms with E-state index in [0.29, 0.717) is 6.04 Å². The maximum absolute atomic E-state index is 5.31. The average molecular weight is 315 g/mol. The van der Waals surface area contributed by atoms with E-state index < -0.39 is 0 Å². The van der Waals surface area contributed by atoms with Crippen molar-refractivity contribution in [1.82, 2.24) is 4.98 Å². The van der Waals surface area contributed by atoms with Crippen molar-refractivity contribution < 1.29 is 4.74 Å². The minimum atomic E-state index is 0.104. The van der Waals surface area contributed by atoms with Crippen molar-refractivity contribution in [2.24, 2.45) is 4.99 Å². The van der Waals surface area contributed by atoms with E-state index >= 15 is 0 Å². The molecular formula is C17H21N3OS. The zero-order valence-corrected chi connectivity index (χ0v) is 14.2. The molecule has 116 valence electrons. The molecule has 1 aliphatic rings. The van der Waals surface area contributed by atoms with Crippen LogP contribution in [0.4, 0.5) is 5.82 Å². The van der Waals surface area contributed by atoms with Crippen molar-refractivity contribution >= 4 is 22.7 Å². The third-order valence-electron chi connectivity index (χ3n) is 3.70. The lowest BCUT2D eigenvalue weighted by Gasteiger charge is -2.15. The van der Waals surface area contributed by atoms with Gasteiger partial charge in [0.05, 0.1) is 12.5 Å². The van der Waals surface area contributed by atoms with Crippen LogP contribution in [0.25, 0.3) is 5.57 Å². The van der Waals surface area contributed by atoms with E-state index in [4.69, 9.17) is 14.7 Å². The van der Waals surface area contributed by atoms with E-state index in [0.717, 1.165) is 28.4 Å². The number of hydrogen-bond donors (Lipinski definition) is 1. The molecule has 22 heavy (non-hydrogen) atoms. The summed E-state index contributed by atoms with van der Waals surface area (Å²) in [6.45, 7) is 6.41. The lowest BCUT2D eigenvalue weighted by molar-refractivity contribution is 0.414. The topological polar surface area (TPSA) is 46.5 Å². The van der Waals surface area contributed by atoms with Gasteiger partial charge in [-0.15, -0.1) is 11.3 Å². The Bertz CT molecular complexity index is 794. The van der Waals surface area contributed by atoms with Gasteiger partial charge in [-0.2, -0.15) is 0 Å². The molecule has 0 fully saturated rings. The van der Waals surface area contributed by atoms with Gasteiger partial charge in [0.2, 0.25) is 0 Å². The summed E-state index contributed by atoms with van der Waals surface area (Å²) in [5, 5.41) is 8.70. The first kappa shape index (κ1) is 15.0. The molecule has 1 atom stereocenters. The lowest BCUT2D eigenvalue weighted by Crippen LogP contribution is -2.31. The second-order valence-corrected chi connectivity index (χ2v) is 6.77. The van der Waals surface area contributed by atoms with E-state index in [1.54, 1.807) is 18.4 Å². The van der Waals surface area contributed by atoms with Crippen molar-refractivity contribution in [3.63, 3.8) is 0 Å². The highest BCUT2D eigenvalue weighted by Crippen LogP contribution is 2.30. The number of nitrogens with zero attached hydrogens (tertiary/aromatic N) is 2. The van der Waals surface area contributed by atoms with E-state index in [9.17, 15) is 0 Å². The minimum absolute atomic E-state index is 0.104. The van der Waals surface area contributed by atoms with Crippen LogP contribution in [-0.4, -0.2) is 18.1 Å². The first-order valence-electron chi connectivity index (χ1n) is 7.50. The number of ether oxygens (including phenoxy) is 1. The Morgan fingerprint density at radius 3 is 2.91 bits per heavy atom. The van der Waals surface area contributed by atoms with Crippen LogP contribution in [0.3, 0.4) is 0 Å². The monoisotopic (exact) mass is 315 g/mol. The van der Waals surface area contributed by atoms with Gasteiger partial charge >= 0.3 is 0 Å². The highest BCUT2D eigenvalue weighted by Gasteiger charge is 2.19. The molecule has 5 heteroatoms. The molecule has 0 amide bonds. The quantitative estimate of drug-likeness (QED) is 0.943. The minimum Gasteiger partial charge on any atom is -0.497 e. The average Bonchev–Trinajstić information content (AvgIpc) is 2.94. The molecule has 0 bridgehead atoms. The maximum Gasteiger partial charge on any atom is 0.137 e. The molecule has 0 saturated carbocycles. The number of methoxy groups -OCH3 is 1. The normalized spacial score (nSPS) is 17.1. The molecule has 2 heterocycles. The smallest absolute Gasteiger partial charge is 0.137 e. The summed E-state index contributed by atoms with van der Waals surface area (Å²) in [6.07, 6.45) is 0.925. The molecule has 0 spiro atoms. The fourth-order valence-electron chi connectivity index (χ4n) is 2.66. The maximum atomic E-state index is 5.31. The Balaban J connectivity index is 1.96. The number of hydrogen-bond acceptors (Lipinski definition) is 5. The number of fused-ring (bicyclic) bond motifs is 1. The second-order valence-electron chi connectivity index (χ2n) is 5.88. The van der Waals surface area contributed by atoms with Crippen LogP contribution >= 0.6 is 11.3 Å². The Hall–Kier alpha value is -1.88. The first-order valence-corrected chi connectivity index (χ1v) is 8.38. The molecule has 2 aromatic rings. The predicted molar refractivity (Wildman–Crippen MR) is 91.1 cm³/mol. The number of rotatable bonds is 4. The number of aromatic nitrogens is 1. The Labute approximate surface area is 134 Å². The third-order valence-corrected chi connectivity index (χ3v) is 4.65. The number of benzene rings is 1. The Morgan fingerprint density at radius 1 is 1.36 bits per heavy atom. The molecule has 1 aromatic carbocycles. The number of thiazole rings is 1. The summed E-state index contributed by atoms with van der Waals surface area (Å²) < 4.78 is 5.31. The number of anilines is 1. The molecule has 1 unspecified atom stereocenters. The largest absolute Gasteiger partial charge is 0.497 e. The SMILES string of the molecule is COc1ccc2c(c1)=NC(c1nc(NC(C)C)cs1)CC=2C. The fraction of sp³-hybridized carbons (Fsp3) is 0.412. The van der Waals surface area contributed by atoms with Gasteiger partial charge in [0.1, 0.15) is 22.6 Å². The van der Waals surface area contributed by atoms with Gasteiger partial charge in [-0.25, -0.2) is 4.98 Å². The summed E-state index contributed by atoms with van der Waals surface area (Å²) in [5.74, 6) is 1.79. The van der Waals surface area contributed by atoms with Crippen molar-refractivity contribution in [3.8, 4) is 5.75 Å². The summed E-state index contributed by atoms with van der Waals surface area (Å²) >= 11 is 1.67. The lowest BCUT2D eigenvalue weighted by atomic mass is 10.0. The van der Waals surface area contributed by atoms with Crippen molar-refractivity contribution in [3.05, 3.63) is 39.2 Å². The van der Waals surface area contributed by atoms with Gasteiger partial charge in [0.25, 0.3) is 0 Å². The molecule has 3 rings (SSSR count). The molecule has 0 aliphatic carbocycles. The second kappa shape index (κ2) is 6.08. The third kappa shape index (κ3) is 2.99. The van der Waals surface area contributed by atoms with Gasteiger partial charge in [0, 0.05) is 17.5 Å². The predicted octanol–water partition coefficient (Wildman–Crippen LogP) is 2.91. The fourth-order valence-corrected chi connectivity index (χ4v) is 3.46. The van der Waals surface area contributed by atoms with E-state index in [1.807, 2.05) is 12.1 Å². The summed E-state index contributed by atoms with van der Waals surface area (Å²) in [7, 11) is 1.68. The van der Waals surface area contributed by atoms with E-state index in [-0.39, 0.29) is 6.04 Å². The molecule has 0 saturated heterocycles. The van der Waals surface area contributed by atoms with Gasteiger partial charge < -0.3 is 10.1 Å². The molecule has 1 aliphatic heterocycles. The van der Waals surface area contributed by atoms with Crippen molar-refractivity contribution in [1.29, 1.82) is 0 Å². The van der Waals surface area contributed by atoms with E-state index in [1.165, 1.54) is 10.8 Å². The standard InChI is InChI=1S/C17H21N3OS/c1-10(2)18-16-9-22-17(20-16)15-7-11(3)13-6-5-12(21-4)8-14(13)19-15/h5-6,8-10,15,18H,7H2,1-4H3. The van der Waals surface area contributed by atoms with Gasteiger partial charge in [-0.3, -0.25) is 4.99 Å². The van der Waals surface area contributed by atoms with Crippen LogP contribution in [0.2, 0.25) is 0 Å². The Morgan fingerprint density at radius 2 is 2.18 bits per heavy atom. The van der Waals surface area contributed by atoms with Crippen LogP contribution < -0.4 is 20.6 Å². The van der Waals surface area contributed by atoms with Crippen LogP contribution in [0.15, 0.2) is 28.6 Å². The molecule has 0 radical (unpaired) electrons. The van der Waals surface area contributed by atoms with Gasteiger partial charge in [-0.05, 0) is 44.5 Å². The Kier molecular flexibility index (Phi) is 4.16. The molecule has 1 aromatic heterocycles. The van der Waals surface area contributed by atoms with Crippen molar-refractivity contribution in [2.75, 3.05) is 12.4 Å². The molecular weight excluding hydrogens is 294 g/mol. The number of nitrogens with one attached hydrogen (secondary N) is 1. The zero-order chi connectivity index (χ0) is 15.7. The first-order chi connectivity index (χ1) is 10.6. The molecule has 1 N–H and O–H groups in total. The van der Waals surface area contributed by atoms with Gasteiger partial charge in [0.15, 0.2) is 0 Å². The zero-order valence-electron chi connectivity index (χ0n) is 13.4. The highest BCUT2D eigenvalue weighted by atomic mass is 32.1. The van der Waals surface area contributed by atoms with Gasteiger partial charge in [-0.1, -0.05) is 5.57 Å². The summed E-state index contributed by atoms with van der Waals surface area (Å²) in [5.41, 5.74) is 1.35. The van der Waals surface area contributed by atoms with E-state index in [2.05, 4.69) is 37.5 Å². The van der Waals surface area contributed by atoms with Crippen LogP contribution in [0.5, 0.6) is 5.75 Å². The van der Waals surface area contributed by atoms with Crippen molar-refractivity contribution in [2.45, 2.75) is 39.3 Å². The van der Waals surface area contributed by atoms with Crippen LogP contribution in [0.1, 0.15) is 38.2 Å². The molecule has 4 nitrogen and oxygen atoms in total.